The molecule has 0 fully saturated rings. The molecule has 38 heavy (non-hydrogen) atoms. The molecule has 196 valence electrons. The van der Waals surface area contributed by atoms with Crippen LogP contribution in [0.15, 0.2) is 81.8 Å². The first-order valence-corrected chi connectivity index (χ1v) is 12.6. The smallest absolute Gasteiger partial charge is 0.406 e. The Bertz CT molecular complexity index is 1380. The highest BCUT2D eigenvalue weighted by Crippen LogP contribution is 2.27. The van der Waals surface area contributed by atoms with Gasteiger partial charge in [0.05, 0.1) is 11.9 Å². The van der Waals surface area contributed by atoms with E-state index in [9.17, 15) is 13.2 Å². The number of hydrazone groups is 1. The molecule has 0 atom stereocenters. The molecule has 0 spiro atoms. The minimum Gasteiger partial charge on any atom is -0.406 e. The van der Waals surface area contributed by atoms with Crippen LogP contribution >= 0.6 is 11.8 Å². The van der Waals surface area contributed by atoms with Crippen LogP contribution in [0, 0.1) is 13.8 Å². The number of amidine groups is 2. The fourth-order valence-electron chi connectivity index (χ4n) is 3.82. The standard InChI is InChI=1S/C27H25F3N6OS/c1-18-4-3-5-19(2)24(18)36-14-15-38-26(36)35-34-16-20-6-8-21(9-7-20)25(31)33-17-32-22-10-12-23(13-11-22)37-27(28,29)30/h3-13,16-17H,14-15H2,1-2H3,(H2,31,32,33)/p+1/b34-16+. The number of hydrogen-bond acceptors (Lipinski definition) is 5. The highest BCUT2D eigenvalue weighted by atomic mass is 32.2. The number of benzene rings is 3. The van der Waals surface area contributed by atoms with Crippen molar-refractivity contribution in [3.8, 4) is 5.75 Å². The van der Waals surface area contributed by atoms with Gasteiger partial charge in [0.25, 0.3) is 0 Å². The second-order valence-electron chi connectivity index (χ2n) is 8.34. The van der Waals surface area contributed by atoms with Gasteiger partial charge in [0.1, 0.15) is 30.2 Å². The summed E-state index contributed by atoms with van der Waals surface area (Å²) in [5.41, 5.74) is 14.9. The molecule has 3 N–H and O–H groups in total. The summed E-state index contributed by atoms with van der Waals surface area (Å²) in [5, 5.41) is 5.41. The zero-order valence-electron chi connectivity index (χ0n) is 20.7. The summed E-state index contributed by atoms with van der Waals surface area (Å²) < 4.78 is 42.8. The Kier molecular flexibility index (Phi) is 8.47. The van der Waals surface area contributed by atoms with E-state index in [1.807, 2.05) is 24.3 Å². The molecule has 0 aromatic heterocycles. The van der Waals surface area contributed by atoms with Crippen molar-refractivity contribution < 1.29 is 22.5 Å². The molecule has 0 saturated carbocycles. The fraction of sp³-hybridized carbons (Fsp3) is 0.185. The van der Waals surface area contributed by atoms with Gasteiger partial charge >= 0.3 is 11.5 Å². The van der Waals surface area contributed by atoms with Gasteiger partial charge in [-0.2, -0.15) is 0 Å². The maximum atomic E-state index is 12.2. The molecule has 3 aromatic rings. The normalized spacial score (nSPS) is 14.6. The average Bonchev–Trinajstić information content (AvgIpc) is 3.32. The molecule has 0 unspecified atom stereocenters. The lowest BCUT2D eigenvalue weighted by Gasteiger charge is -2.09. The van der Waals surface area contributed by atoms with Crippen LogP contribution in [-0.2, 0) is 0 Å². The highest BCUT2D eigenvalue weighted by Gasteiger charge is 2.31. The van der Waals surface area contributed by atoms with Gasteiger partial charge in [-0.15, -0.1) is 18.6 Å². The molecule has 4 rings (SSSR count). The molecule has 0 saturated heterocycles. The van der Waals surface area contributed by atoms with Crippen LogP contribution in [0.2, 0.25) is 0 Å². The Hall–Kier alpha value is -4.12. The first-order valence-electron chi connectivity index (χ1n) is 11.6. The van der Waals surface area contributed by atoms with Gasteiger partial charge in [0.2, 0.25) is 0 Å². The highest BCUT2D eigenvalue weighted by molar-refractivity contribution is 8.13. The number of hydrogen-bond donors (Lipinski definition) is 2. The number of alkyl halides is 3. The maximum absolute atomic E-state index is 12.2. The predicted molar refractivity (Wildman–Crippen MR) is 147 cm³/mol. The predicted octanol–water partition coefficient (Wildman–Crippen LogP) is 5.64. The third kappa shape index (κ3) is 7.22. The van der Waals surface area contributed by atoms with Crippen LogP contribution in [0.5, 0.6) is 5.75 Å². The van der Waals surface area contributed by atoms with Crippen molar-refractivity contribution in [3.05, 3.63) is 89.0 Å². The van der Waals surface area contributed by atoms with Crippen molar-refractivity contribution in [3.63, 3.8) is 0 Å². The van der Waals surface area contributed by atoms with E-state index in [0.29, 0.717) is 11.3 Å². The lowest BCUT2D eigenvalue weighted by Crippen LogP contribution is -2.22. The number of thioether (sulfide) groups is 1. The molecular formula is C27H26F3N6OS+. The van der Waals surface area contributed by atoms with Crippen molar-refractivity contribution >= 4 is 46.7 Å². The molecule has 0 aliphatic carbocycles. The zero-order valence-corrected chi connectivity index (χ0v) is 21.6. The molecule has 3 aromatic carbocycles. The van der Waals surface area contributed by atoms with E-state index in [1.165, 1.54) is 47.4 Å². The maximum Gasteiger partial charge on any atom is 0.573 e. The van der Waals surface area contributed by atoms with Crippen LogP contribution in [0.4, 0.5) is 24.5 Å². The molecule has 7 nitrogen and oxygen atoms in total. The minimum atomic E-state index is -4.74. The first kappa shape index (κ1) is 26.9. The van der Waals surface area contributed by atoms with E-state index in [-0.39, 0.29) is 11.6 Å². The number of nitrogens with zero attached hydrogens (tertiary/aromatic N) is 4. The summed E-state index contributed by atoms with van der Waals surface area (Å²) >= 11 is 1.73. The molecule has 11 heteroatoms. The molecule has 0 radical (unpaired) electrons. The van der Waals surface area contributed by atoms with Crippen LogP contribution < -0.4 is 15.9 Å². The molecule has 1 aliphatic heterocycles. The number of aryl methyl sites for hydroxylation is 2. The van der Waals surface area contributed by atoms with Crippen LogP contribution in [0.1, 0.15) is 22.3 Å². The van der Waals surface area contributed by atoms with E-state index in [1.54, 1.807) is 18.0 Å². The Morgan fingerprint density at radius 2 is 1.71 bits per heavy atom. The SMILES string of the molecule is Cc1cccc(C)c1[N+]1=C(N/N=C/c2ccc(C(N)=NC=Nc3ccc(OC(F)(F)F)cc3)cc2)SCC1. The number of nitrogens with two attached hydrogens (primary N) is 1. The van der Waals surface area contributed by atoms with Gasteiger partial charge in [0, 0.05) is 11.3 Å². The third-order valence-electron chi connectivity index (χ3n) is 5.56. The van der Waals surface area contributed by atoms with Crippen molar-refractivity contribution in [1.29, 1.82) is 0 Å². The van der Waals surface area contributed by atoms with Crippen molar-refractivity contribution in [2.24, 2.45) is 20.8 Å². The van der Waals surface area contributed by atoms with Gasteiger partial charge in [-0.05, 0) is 66.6 Å². The topological polar surface area (TPSA) is 87.4 Å². The van der Waals surface area contributed by atoms with Gasteiger partial charge in [-0.25, -0.2) is 14.6 Å². The fourth-order valence-corrected chi connectivity index (χ4v) is 4.74. The number of aliphatic imine (C=N–C) groups is 2. The molecular weight excluding hydrogens is 513 g/mol. The molecule has 0 amide bonds. The van der Waals surface area contributed by atoms with Crippen LogP contribution in [0.25, 0.3) is 0 Å². The number of para-hydroxylation sites is 1. The van der Waals surface area contributed by atoms with E-state index in [0.717, 1.165) is 23.0 Å². The number of nitrogens with one attached hydrogen (secondary N) is 1. The van der Waals surface area contributed by atoms with Gasteiger partial charge in [-0.1, -0.05) is 47.6 Å². The number of halogens is 3. The van der Waals surface area contributed by atoms with Crippen LogP contribution in [-0.4, -0.2) is 46.8 Å². The minimum absolute atomic E-state index is 0.245. The average molecular weight is 540 g/mol. The summed E-state index contributed by atoms with van der Waals surface area (Å²) in [6.07, 6.45) is -1.76. The lowest BCUT2D eigenvalue weighted by molar-refractivity contribution is -0.431. The summed E-state index contributed by atoms with van der Waals surface area (Å²) in [5.74, 6) is 0.909. The second-order valence-corrected chi connectivity index (χ2v) is 9.42. The van der Waals surface area contributed by atoms with Crippen molar-refractivity contribution in [2.75, 3.05) is 12.3 Å². The summed E-state index contributed by atoms with van der Waals surface area (Å²) in [6, 6.07) is 18.8. The number of ether oxygens (including phenoxy) is 1. The first-order chi connectivity index (χ1) is 18.2. The molecule has 1 heterocycles. The summed E-state index contributed by atoms with van der Waals surface area (Å²) in [7, 11) is 0. The monoisotopic (exact) mass is 539 g/mol. The van der Waals surface area contributed by atoms with Crippen molar-refractivity contribution in [1.82, 2.24) is 5.43 Å². The van der Waals surface area contributed by atoms with Gasteiger partial charge in [0.15, 0.2) is 0 Å². The van der Waals surface area contributed by atoms with Gasteiger partial charge < -0.3 is 10.5 Å². The Morgan fingerprint density at radius 1 is 1.03 bits per heavy atom. The Balaban J connectivity index is 1.36. The van der Waals surface area contributed by atoms with E-state index in [2.05, 4.69) is 61.9 Å². The lowest BCUT2D eigenvalue weighted by atomic mass is 10.1. The zero-order chi connectivity index (χ0) is 27.1. The van der Waals surface area contributed by atoms with Crippen molar-refractivity contribution in [2.45, 2.75) is 20.2 Å². The molecule has 1 aliphatic rings. The molecule has 0 bridgehead atoms. The van der Waals surface area contributed by atoms with Gasteiger partial charge in [-0.3, -0.25) is 0 Å². The number of rotatable bonds is 7. The van der Waals surface area contributed by atoms with E-state index < -0.39 is 6.36 Å². The second kappa shape index (κ2) is 12.0. The van der Waals surface area contributed by atoms with Crippen LogP contribution in [0.3, 0.4) is 0 Å². The van der Waals surface area contributed by atoms with E-state index >= 15 is 0 Å². The Morgan fingerprint density at radius 3 is 2.37 bits per heavy atom. The third-order valence-corrected chi connectivity index (χ3v) is 6.53. The quantitative estimate of drug-likeness (QED) is 0.176. The summed E-state index contributed by atoms with van der Waals surface area (Å²) in [6.45, 7) is 5.15. The largest absolute Gasteiger partial charge is 0.573 e. The Labute approximate surface area is 222 Å². The summed E-state index contributed by atoms with van der Waals surface area (Å²) in [4.78, 5) is 8.18. The van der Waals surface area contributed by atoms with E-state index in [4.69, 9.17) is 5.73 Å².